The fraction of sp³-hybridized carbons (Fsp3) is 0.0476. The van der Waals surface area contributed by atoms with Gasteiger partial charge in [-0.3, -0.25) is 4.79 Å². The van der Waals surface area contributed by atoms with Gasteiger partial charge in [0.1, 0.15) is 11.3 Å². The highest BCUT2D eigenvalue weighted by molar-refractivity contribution is 6.38. The average molecular weight is 392 g/mol. The monoisotopic (exact) mass is 391 g/mol. The van der Waals surface area contributed by atoms with Crippen LogP contribution in [0.5, 0.6) is 0 Å². The second-order valence-electron chi connectivity index (χ2n) is 6.31. The van der Waals surface area contributed by atoms with E-state index in [0.717, 1.165) is 16.8 Å². The molecule has 0 saturated heterocycles. The first kappa shape index (κ1) is 17.9. The number of carbonyl (C=O) groups excluding carboxylic acids is 1. The number of nitrogens with one attached hydrogen (secondary N) is 3. The molecule has 6 nitrogen and oxygen atoms in total. The summed E-state index contributed by atoms with van der Waals surface area (Å²) in [7, 11) is 1.87. The van der Waals surface area contributed by atoms with E-state index in [9.17, 15) is 4.79 Å². The van der Waals surface area contributed by atoms with E-state index in [-0.39, 0.29) is 5.91 Å². The van der Waals surface area contributed by atoms with Gasteiger partial charge in [-0.05, 0) is 60.7 Å². The molecule has 0 unspecified atom stereocenters. The molecule has 3 aromatic carbocycles. The predicted octanol–water partition coefficient (Wildman–Crippen LogP) is 4.76. The van der Waals surface area contributed by atoms with Gasteiger partial charge in [0.25, 0.3) is 5.91 Å². The number of carbonyl (C=O) groups is 1. The number of nitrogens with zero attached hydrogens (tertiary/aromatic N) is 1. The fourth-order valence-corrected chi connectivity index (χ4v) is 3.15. The molecule has 7 heteroatoms. The van der Waals surface area contributed by atoms with Crippen molar-refractivity contribution in [3.8, 4) is 11.4 Å². The van der Waals surface area contributed by atoms with Crippen LogP contribution in [0.15, 0.2) is 60.7 Å². The zero-order valence-electron chi connectivity index (χ0n) is 15.1. The third-order valence-electron chi connectivity index (χ3n) is 4.46. The van der Waals surface area contributed by atoms with Crippen LogP contribution in [0.3, 0.4) is 0 Å². The van der Waals surface area contributed by atoms with E-state index < -0.39 is 0 Å². The molecule has 0 bridgehead atoms. The number of halogens is 1. The van der Waals surface area contributed by atoms with E-state index in [1.54, 1.807) is 30.3 Å². The van der Waals surface area contributed by atoms with Gasteiger partial charge in [0.05, 0.1) is 16.2 Å². The molecule has 0 aliphatic carbocycles. The van der Waals surface area contributed by atoms with Crippen LogP contribution in [0.4, 0.5) is 17.1 Å². The number of anilines is 3. The summed E-state index contributed by atoms with van der Waals surface area (Å²) in [4.78, 5) is 20.3. The number of imidazole rings is 1. The van der Waals surface area contributed by atoms with Crippen LogP contribution in [-0.4, -0.2) is 22.9 Å². The molecule has 1 amide bonds. The van der Waals surface area contributed by atoms with E-state index in [1.807, 2.05) is 37.4 Å². The number of nitrogen functional groups attached to an aromatic ring is 1. The Morgan fingerprint density at radius 2 is 1.75 bits per heavy atom. The Kier molecular flexibility index (Phi) is 4.63. The Morgan fingerprint density at radius 1 is 1.04 bits per heavy atom. The first-order valence-electron chi connectivity index (χ1n) is 8.68. The Balaban J connectivity index is 1.64. The summed E-state index contributed by atoms with van der Waals surface area (Å²) in [5.74, 6) is 0.446. The minimum absolute atomic E-state index is 0.264. The number of aromatic amines is 1. The number of hydrogen-bond acceptors (Lipinski definition) is 4. The van der Waals surface area contributed by atoms with Crippen LogP contribution in [-0.2, 0) is 0 Å². The molecule has 0 fully saturated rings. The van der Waals surface area contributed by atoms with Crippen LogP contribution in [0.2, 0.25) is 5.02 Å². The van der Waals surface area contributed by atoms with Gasteiger partial charge in [-0.1, -0.05) is 11.6 Å². The molecule has 4 rings (SSSR count). The van der Waals surface area contributed by atoms with E-state index in [0.29, 0.717) is 33.3 Å². The lowest BCUT2D eigenvalue weighted by Gasteiger charge is -2.07. The van der Waals surface area contributed by atoms with Crippen LogP contribution in [0.1, 0.15) is 10.4 Å². The number of rotatable bonds is 4. The van der Waals surface area contributed by atoms with Crippen LogP contribution in [0.25, 0.3) is 22.4 Å². The molecule has 28 heavy (non-hydrogen) atoms. The predicted molar refractivity (Wildman–Crippen MR) is 115 cm³/mol. The Labute approximate surface area is 166 Å². The van der Waals surface area contributed by atoms with Crippen molar-refractivity contribution in [3.05, 3.63) is 71.2 Å². The Hall–Kier alpha value is -3.51. The molecule has 0 saturated carbocycles. The second-order valence-corrected chi connectivity index (χ2v) is 6.69. The molecule has 0 atom stereocenters. The second kappa shape index (κ2) is 7.25. The van der Waals surface area contributed by atoms with E-state index >= 15 is 0 Å². The van der Waals surface area contributed by atoms with Gasteiger partial charge < -0.3 is 21.4 Å². The van der Waals surface area contributed by atoms with E-state index in [1.165, 1.54) is 0 Å². The van der Waals surface area contributed by atoms with Crippen molar-refractivity contribution >= 4 is 45.6 Å². The third-order valence-corrected chi connectivity index (χ3v) is 4.84. The van der Waals surface area contributed by atoms with Gasteiger partial charge in [-0.25, -0.2) is 4.98 Å². The smallest absolute Gasteiger partial charge is 0.255 e. The summed E-state index contributed by atoms with van der Waals surface area (Å²) < 4.78 is 0. The maximum Gasteiger partial charge on any atom is 0.255 e. The summed E-state index contributed by atoms with van der Waals surface area (Å²) in [5.41, 5.74) is 10.6. The summed E-state index contributed by atoms with van der Waals surface area (Å²) >= 11 is 6.52. The normalized spacial score (nSPS) is 10.8. The minimum Gasteiger partial charge on any atom is -0.399 e. The SMILES string of the molecule is CNc1ccc(-c2nc3c(Cl)c(NC(=O)c4ccc(N)cc4)ccc3[nH]2)cc1. The van der Waals surface area contributed by atoms with Crippen molar-refractivity contribution in [2.45, 2.75) is 0 Å². The maximum atomic E-state index is 12.5. The number of aromatic nitrogens is 2. The lowest BCUT2D eigenvalue weighted by molar-refractivity contribution is 0.102. The highest BCUT2D eigenvalue weighted by Gasteiger charge is 2.14. The molecular formula is C21H18ClN5O. The number of amides is 1. The lowest BCUT2D eigenvalue weighted by Crippen LogP contribution is -2.12. The summed E-state index contributed by atoms with van der Waals surface area (Å²) in [6, 6.07) is 18.2. The topological polar surface area (TPSA) is 95.8 Å². The fourth-order valence-electron chi connectivity index (χ4n) is 2.90. The van der Waals surface area contributed by atoms with E-state index in [2.05, 4.69) is 20.6 Å². The first-order valence-corrected chi connectivity index (χ1v) is 9.06. The van der Waals surface area contributed by atoms with Gasteiger partial charge in [0, 0.05) is 29.5 Å². The van der Waals surface area contributed by atoms with Gasteiger partial charge >= 0.3 is 0 Å². The third kappa shape index (κ3) is 3.37. The van der Waals surface area contributed by atoms with Crippen molar-refractivity contribution in [1.82, 2.24) is 9.97 Å². The van der Waals surface area contributed by atoms with Crippen molar-refractivity contribution in [3.63, 3.8) is 0 Å². The van der Waals surface area contributed by atoms with Gasteiger partial charge in [0.2, 0.25) is 0 Å². The summed E-state index contributed by atoms with van der Waals surface area (Å²) in [6.07, 6.45) is 0. The number of nitrogens with two attached hydrogens (primary N) is 1. The summed E-state index contributed by atoms with van der Waals surface area (Å²) in [6.45, 7) is 0. The molecule has 0 radical (unpaired) electrons. The minimum atomic E-state index is -0.264. The number of hydrogen-bond donors (Lipinski definition) is 4. The van der Waals surface area contributed by atoms with Crippen LogP contribution in [0, 0.1) is 0 Å². The highest BCUT2D eigenvalue weighted by atomic mass is 35.5. The zero-order chi connectivity index (χ0) is 19.7. The maximum absolute atomic E-state index is 12.5. The van der Waals surface area contributed by atoms with Crippen molar-refractivity contribution in [2.75, 3.05) is 23.4 Å². The molecule has 1 heterocycles. The molecule has 140 valence electrons. The van der Waals surface area contributed by atoms with Crippen LogP contribution < -0.4 is 16.4 Å². The number of benzene rings is 3. The standard InChI is InChI=1S/C21H18ClN5O/c1-24-15-8-4-12(5-9-15)20-25-17-11-10-16(18(22)19(17)27-20)26-21(28)13-2-6-14(23)7-3-13/h2-11,24H,23H2,1H3,(H,25,27)(H,26,28). The Bertz CT molecular complexity index is 1150. The number of fused-ring (bicyclic) bond motifs is 1. The van der Waals surface area contributed by atoms with E-state index in [4.69, 9.17) is 17.3 Å². The van der Waals surface area contributed by atoms with Crippen LogP contribution >= 0.6 is 11.6 Å². The molecule has 1 aromatic heterocycles. The molecular weight excluding hydrogens is 374 g/mol. The Morgan fingerprint density at radius 3 is 2.43 bits per heavy atom. The largest absolute Gasteiger partial charge is 0.399 e. The zero-order valence-corrected chi connectivity index (χ0v) is 15.8. The van der Waals surface area contributed by atoms with Crippen molar-refractivity contribution in [2.24, 2.45) is 0 Å². The average Bonchev–Trinajstić information content (AvgIpc) is 3.16. The number of H-pyrrole nitrogens is 1. The summed E-state index contributed by atoms with van der Waals surface area (Å²) in [5, 5.41) is 6.30. The molecule has 0 aliphatic rings. The molecule has 0 spiro atoms. The quantitative estimate of drug-likeness (QED) is 0.377. The van der Waals surface area contributed by atoms with Gasteiger partial charge in [0.15, 0.2) is 0 Å². The lowest BCUT2D eigenvalue weighted by atomic mass is 10.2. The van der Waals surface area contributed by atoms with Gasteiger partial charge in [-0.15, -0.1) is 0 Å². The van der Waals surface area contributed by atoms with Crippen molar-refractivity contribution < 1.29 is 4.79 Å². The first-order chi connectivity index (χ1) is 13.5. The molecule has 0 aliphatic heterocycles. The molecule has 5 N–H and O–H groups in total. The van der Waals surface area contributed by atoms with Crippen molar-refractivity contribution in [1.29, 1.82) is 0 Å². The van der Waals surface area contributed by atoms with Gasteiger partial charge in [-0.2, -0.15) is 0 Å². The highest BCUT2D eigenvalue weighted by Crippen LogP contribution is 2.32. The molecule has 4 aromatic rings.